The zero-order valence-corrected chi connectivity index (χ0v) is 13.6. The van der Waals surface area contributed by atoms with Crippen molar-refractivity contribution < 1.29 is 4.79 Å². The number of carbonyl (C=O) groups is 1. The summed E-state index contributed by atoms with van der Waals surface area (Å²) in [6.07, 6.45) is 3.83. The van der Waals surface area contributed by atoms with Crippen molar-refractivity contribution in [2.24, 2.45) is 12.0 Å². The average molecular weight is 311 g/mol. The van der Waals surface area contributed by atoms with Gasteiger partial charge in [0, 0.05) is 18.9 Å². The fourth-order valence-corrected chi connectivity index (χ4v) is 2.98. The van der Waals surface area contributed by atoms with Crippen LogP contribution >= 0.6 is 11.8 Å². The highest BCUT2D eigenvalue weighted by molar-refractivity contribution is 8.18. The fraction of sp³-hybridized carbons (Fsp3) is 0.176. The Balaban J connectivity index is 1.85. The molecule has 1 aromatic heterocycles. The minimum Gasteiger partial charge on any atom is -0.351 e. The molecule has 5 heteroatoms. The van der Waals surface area contributed by atoms with Gasteiger partial charge in [0.25, 0.3) is 5.91 Å². The van der Waals surface area contributed by atoms with Crippen LogP contribution in [-0.2, 0) is 11.8 Å². The van der Waals surface area contributed by atoms with Crippen LogP contribution in [0.5, 0.6) is 0 Å². The second-order valence-electron chi connectivity index (χ2n) is 5.29. The van der Waals surface area contributed by atoms with Crippen LogP contribution in [-0.4, -0.2) is 15.6 Å². The fourth-order valence-electron chi connectivity index (χ4n) is 2.15. The van der Waals surface area contributed by atoms with Crippen molar-refractivity contribution in [3.05, 3.63) is 58.3 Å². The number of aromatic nitrogens is 1. The van der Waals surface area contributed by atoms with E-state index in [1.807, 2.05) is 54.2 Å². The zero-order valence-electron chi connectivity index (χ0n) is 12.8. The monoisotopic (exact) mass is 311 g/mol. The number of aliphatic imine (C=N–C) groups is 1. The van der Waals surface area contributed by atoms with Gasteiger partial charge in [-0.1, -0.05) is 6.07 Å². The van der Waals surface area contributed by atoms with Gasteiger partial charge in [-0.3, -0.25) is 4.79 Å². The Morgan fingerprint density at radius 2 is 2.05 bits per heavy atom. The summed E-state index contributed by atoms with van der Waals surface area (Å²) in [5.41, 5.74) is 4.27. The molecule has 0 atom stereocenters. The van der Waals surface area contributed by atoms with Crippen LogP contribution in [0.1, 0.15) is 16.8 Å². The highest BCUT2D eigenvalue weighted by atomic mass is 32.2. The summed E-state index contributed by atoms with van der Waals surface area (Å²) in [5.74, 6) is -0.103. The Morgan fingerprint density at radius 1 is 1.23 bits per heavy atom. The summed E-state index contributed by atoms with van der Waals surface area (Å²) in [6, 6.07) is 9.94. The first-order valence-electron chi connectivity index (χ1n) is 7.01. The first kappa shape index (κ1) is 14.7. The van der Waals surface area contributed by atoms with Crippen molar-refractivity contribution in [3.63, 3.8) is 0 Å². The molecule has 0 unspecified atom stereocenters. The summed E-state index contributed by atoms with van der Waals surface area (Å²) >= 11 is 1.37. The number of hydrogen-bond acceptors (Lipinski definition) is 3. The number of nitrogens with one attached hydrogen (secondary N) is 1. The van der Waals surface area contributed by atoms with E-state index in [0.717, 1.165) is 11.4 Å². The number of carbonyl (C=O) groups excluding carboxylic acids is 1. The van der Waals surface area contributed by atoms with E-state index in [4.69, 9.17) is 0 Å². The van der Waals surface area contributed by atoms with Crippen LogP contribution in [0.2, 0.25) is 0 Å². The van der Waals surface area contributed by atoms with Crippen molar-refractivity contribution in [2.45, 2.75) is 13.8 Å². The predicted octanol–water partition coefficient (Wildman–Crippen LogP) is 3.53. The first-order valence-corrected chi connectivity index (χ1v) is 7.83. The van der Waals surface area contributed by atoms with Gasteiger partial charge >= 0.3 is 0 Å². The van der Waals surface area contributed by atoms with E-state index in [1.54, 1.807) is 0 Å². The molecule has 1 aromatic carbocycles. The maximum Gasteiger partial charge on any atom is 0.264 e. The normalized spacial score (nSPS) is 18.2. The molecule has 0 saturated carbocycles. The maximum absolute atomic E-state index is 12.0. The van der Waals surface area contributed by atoms with Crippen LogP contribution in [0.4, 0.5) is 5.69 Å². The van der Waals surface area contributed by atoms with E-state index < -0.39 is 0 Å². The summed E-state index contributed by atoms with van der Waals surface area (Å²) in [6.45, 7) is 4.12. The van der Waals surface area contributed by atoms with Gasteiger partial charge in [-0.05, 0) is 67.1 Å². The molecule has 1 N–H and O–H groups in total. The quantitative estimate of drug-likeness (QED) is 0.862. The molecule has 112 valence electrons. The molecular weight excluding hydrogens is 294 g/mol. The smallest absolute Gasteiger partial charge is 0.264 e. The minimum atomic E-state index is -0.103. The standard InChI is InChI=1S/C17H17N3OS/c1-11-6-7-13(9-12(11)2)18-17-19-16(21)15(22-17)10-14-5-4-8-20(14)3/h4-10H,1-3H3,(H,18,19,21)/b15-10+. The average Bonchev–Trinajstić information content (AvgIpc) is 3.02. The van der Waals surface area contributed by atoms with E-state index in [9.17, 15) is 4.79 Å². The molecule has 4 nitrogen and oxygen atoms in total. The third-order valence-corrected chi connectivity index (χ3v) is 4.54. The number of thioether (sulfide) groups is 1. The summed E-state index contributed by atoms with van der Waals surface area (Å²) < 4.78 is 1.97. The van der Waals surface area contributed by atoms with Gasteiger partial charge in [0.15, 0.2) is 5.17 Å². The van der Waals surface area contributed by atoms with Crippen molar-refractivity contribution in [1.82, 2.24) is 9.88 Å². The Morgan fingerprint density at radius 3 is 2.73 bits per heavy atom. The van der Waals surface area contributed by atoms with Crippen molar-refractivity contribution in [1.29, 1.82) is 0 Å². The van der Waals surface area contributed by atoms with Crippen LogP contribution in [0.15, 0.2) is 46.4 Å². The molecule has 1 amide bonds. The topological polar surface area (TPSA) is 46.4 Å². The number of benzene rings is 1. The summed E-state index contributed by atoms with van der Waals surface area (Å²) in [7, 11) is 1.95. The van der Waals surface area contributed by atoms with Crippen molar-refractivity contribution in [3.8, 4) is 0 Å². The number of amides is 1. The number of amidine groups is 1. The van der Waals surface area contributed by atoms with E-state index in [2.05, 4.69) is 24.2 Å². The molecule has 1 saturated heterocycles. The number of nitrogens with zero attached hydrogens (tertiary/aromatic N) is 2. The van der Waals surface area contributed by atoms with Gasteiger partial charge in [0.05, 0.1) is 10.6 Å². The lowest BCUT2D eigenvalue weighted by atomic mass is 10.1. The number of rotatable bonds is 2. The van der Waals surface area contributed by atoms with Gasteiger partial charge in [0.2, 0.25) is 0 Å². The molecule has 3 rings (SSSR count). The highest BCUT2D eigenvalue weighted by Crippen LogP contribution is 2.28. The SMILES string of the molecule is Cc1ccc(N=C2NC(=O)/C(=C\c3cccn3C)S2)cc1C. The largest absolute Gasteiger partial charge is 0.351 e. The molecule has 2 aromatic rings. The zero-order chi connectivity index (χ0) is 15.7. The van der Waals surface area contributed by atoms with Crippen LogP contribution < -0.4 is 5.32 Å². The molecule has 0 aliphatic carbocycles. The van der Waals surface area contributed by atoms with E-state index >= 15 is 0 Å². The molecule has 1 aliphatic rings. The van der Waals surface area contributed by atoms with Gasteiger partial charge in [-0.25, -0.2) is 4.99 Å². The molecule has 0 bridgehead atoms. The lowest BCUT2D eigenvalue weighted by Gasteiger charge is -2.01. The molecule has 0 spiro atoms. The Kier molecular flexibility index (Phi) is 3.90. The second kappa shape index (κ2) is 5.85. The third-order valence-electron chi connectivity index (χ3n) is 3.63. The van der Waals surface area contributed by atoms with Gasteiger partial charge in [-0.2, -0.15) is 0 Å². The van der Waals surface area contributed by atoms with Gasteiger partial charge in [-0.15, -0.1) is 0 Å². The second-order valence-corrected chi connectivity index (χ2v) is 6.32. The third kappa shape index (κ3) is 2.99. The van der Waals surface area contributed by atoms with E-state index in [1.165, 1.54) is 22.9 Å². The maximum atomic E-state index is 12.0. The molecule has 2 heterocycles. The summed E-state index contributed by atoms with van der Waals surface area (Å²) in [5, 5.41) is 3.43. The molecule has 22 heavy (non-hydrogen) atoms. The molecule has 1 aliphatic heterocycles. The Labute approximate surface area is 133 Å². The Bertz CT molecular complexity index is 802. The Hall–Kier alpha value is -2.27. The highest BCUT2D eigenvalue weighted by Gasteiger charge is 2.24. The summed E-state index contributed by atoms with van der Waals surface area (Å²) in [4.78, 5) is 17.2. The van der Waals surface area contributed by atoms with Gasteiger partial charge in [0.1, 0.15) is 0 Å². The van der Waals surface area contributed by atoms with Crippen molar-refractivity contribution in [2.75, 3.05) is 0 Å². The number of aryl methyl sites for hydroxylation is 3. The minimum absolute atomic E-state index is 0.103. The lowest BCUT2D eigenvalue weighted by molar-refractivity contribution is -0.115. The van der Waals surface area contributed by atoms with Crippen LogP contribution in [0.3, 0.4) is 0 Å². The van der Waals surface area contributed by atoms with Crippen molar-refractivity contribution >= 4 is 34.6 Å². The molecular formula is C17H17N3OS. The predicted molar refractivity (Wildman–Crippen MR) is 92.1 cm³/mol. The van der Waals surface area contributed by atoms with Crippen LogP contribution in [0, 0.1) is 13.8 Å². The first-order chi connectivity index (χ1) is 10.5. The molecule has 0 radical (unpaired) electrons. The van der Waals surface area contributed by atoms with Gasteiger partial charge < -0.3 is 9.88 Å². The number of hydrogen-bond donors (Lipinski definition) is 1. The van der Waals surface area contributed by atoms with E-state index in [-0.39, 0.29) is 5.91 Å². The van der Waals surface area contributed by atoms with Crippen LogP contribution in [0.25, 0.3) is 6.08 Å². The molecule has 1 fully saturated rings. The lowest BCUT2D eigenvalue weighted by Crippen LogP contribution is -2.19. The van der Waals surface area contributed by atoms with E-state index in [0.29, 0.717) is 10.1 Å².